The smallest absolute Gasteiger partial charge is 0.243 e. The molecule has 1 aliphatic heterocycles. The maximum atomic E-state index is 11.7. The van der Waals surface area contributed by atoms with Gasteiger partial charge in [-0.05, 0) is 18.6 Å². The highest BCUT2D eigenvalue weighted by Crippen LogP contribution is 2.08. The number of hydrogen-bond acceptors (Lipinski definition) is 3. The second kappa shape index (κ2) is 4.76. The van der Waals surface area contributed by atoms with Crippen molar-refractivity contribution in [1.82, 2.24) is 10.9 Å². The molecule has 0 saturated carbocycles. The molecule has 0 spiro atoms. The molecular weight excluding hydrogens is 206 g/mol. The van der Waals surface area contributed by atoms with Gasteiger partial charge in [-0.3, -0.25) is 15.0 Å². The van der Waals surface area contributed by atoms with E-state index in [0.29, 0.717) is 12.8 Å². The molecule has 0 radical (unpaired) electrons. The van der Waals surface area contributed by atoms with E-state index in [4.69, 9.17) is 0 Å². The predicted octanol–water partition coefficient (Wildman–Crippen LogP) is 0.408. The molecule has 1 heterocycles. The first kappa shape index (κ1) is 10.6. The standard InChI is InChI=1S/C11H13N3O2/c15-10-7-6-9(13-14-10)11(16)12-8-4-2-1-3-5-8/h1-5,9,13H,6-7H2,(H,12,16)(H,14,15). The van der Waals surface area contributed by atoms with E-state index in [-0.39, 0.29) is 17.9 Å². The highest BCUT2D eigenvalue weighted by molar-refractivity contribution is 5.95. The first-order valence-corrected chi connectivity index (χ1v) is 5.16. The van der Waals surface area contributed by atoms with E-state index in [2.05, 4.69) is 16.2 Å². The normalized spacial score (nSPS) is 20.0. The van der Waals surface area contributed by atoms with Gasteiger partial charge >= 0.3 is 0 Å². The van der Waals surface area contributed by atoms with Crippen LogP contribution in [0.3, 0.4) is 0 Å². The van der Waals surface area contributed by atoms with Crippen molar-refractivity contribution in [3.05, 3.63) is 30.3 Å². The lowest BCUT2D eigenvalue weighted by atomic mass is 10.1. The molecule has 1 unspecified atom stereocenters. The number of nitrogens with one attached hydrogen (secondary N) is 3. The predicted molar refractivity (Wildman–Crippen MR) is 59.4 cm³/mol. The van der Waals surface area contributed by atoms with Gasteiger partial charge in [-0.2, -0.15) is 0 Å². The Morgan fingerprint density at radius 1 is 1.31 bits per heavy atom. The average molecular weight is 219 g/mol. The molecule has 1 atom stereocenters. The zero-order valence-electron chi connectivity index (χ0n) is 8.69. The Balaban J connectivity index is 1.91. The van der Waals surface area contributed by atoms with Crippen molar-refractivity contribution in [2.45, 2.75) is 18.9 Å². The van der Waals surface area contributed by atoms with E-state index in [1.165, 1.54) is 0 Å². The van der Waals surface area contributed by atoms with Crippen LogP contribution in [0.25, 0.3) is 0 Å². The summed E-state index contributed by atoms with van der Waals surface area (Å²) in [6.07, 6.45) is 0.893. The second-order valence-corrected chi connectivity index (χ2v) is 3.64. The number of carbonyl (C=O) groups is 2. The number of amides is 2. The van der Waals surface area contributed by atoms with E-state index in [0.717, 1.165) is 5.69 Å². The minimum absolute atomic E-state index is 0.0799. The highest BCUT2D eigenvalue weighted by atomic mass is 16.2. The topological polar surface area (TPSA) is 70.2 Å². The van der Waals surface area contributed by atoms with Crippen LogP contribution in [0.4, 0.5) is 5.69 Å². The summed E-state index contributed by atoms with van der Waals surface area (Å²) in [5.74, 6) is -0.213. The number of rotatable bonds is 2. The molecule has 1 aromatic carbocycles. The number of anilines is 1. The minimum Gasteiger partial charge on any atom is -0.325 e. The molecule has 0 bridgehead atoms. The quantitative estimate of drug-likeness (QED) is 0.674. The Morgan fingerprint density at radius 3 is 2.69 bits per heavy atom. The van der Waals surface area contributed by atoms with Gasteiger partial charge in [-0.15, -0.1) is 0 Å². The lowest BCUT2D eigenvalue weighted by Gasteiger charge is -2.22. The largest absolute Gasteiger partial charge is 0.325 e. The summed E-state index contributed by atoms with van der Waals surface area (Å²) < 4.78 is 0. The van der Waals surface area contributed by atoms with Crippen LogP contribution in [0, 0.1) is 0 Å². The zero-order chi connectivity index (χ0) is 11.4. The van der Waals surface area contributed by atoms with Crippen LogP contribution in [0.15, 0.2) is 30.3 Å². The Bertz CT molecular complexity index is 381. The summed E-state index contributed by atoms with van der Waals surface area (Å²) in [4.78, 5) is 22.6. The van der Waals surface area contributed by atoms with Crippen molar-refractivity contribution in [2.24, 2.45) is 0 Å². The number of para-hydroxylation sites is 1. The van der Waals surface area contributed by atoms with Gasteiger partial charge in [0.05, 0.1) is 0 Å². The molecule has 2 amide bonds. The van der Waals surface area contributed by atoms with E-state index in [1.807, 2.05) is 30.3 Å². The molecule has 1 aromatic rings. The van der Waals surface area contributed by atoms with Crippen LogP contribution in [0.1, 0.15) is 12.8 Å². The lowest BCUT2D eigenvalue weighted by molar-refractivity contribution is -0.126. The molecule has 0 aromatic heterocycles. The summed E-state index contributed by atoms with van der Waals surface area (Å²) in [6, 6.07) is 8.86. The van der Waals surface area contributed by atoms with Crippen LogP contribution < -0.4 is 16.2 Å². The second-order valence-electron chi connectivity index (χ2n) is 3.64. The third-order valence-corrected chi connectivity index (χ3v) is 2.40. The molecule has 1 fully saturated rings. The van der Waals surface area contributed by atoms with Gasteiger partial charge in [-0.1, -0.05) is 18.2 Å². The van der Waals surface area contributed by atoms with Crippen molar-refractivity contribution in [1.29, 1.82) is 0 Å². The summed E-state index contributed by atoms with van der Waals surface area (Å²) in [7, 11) is 0. The number of hydrogen-bond donors (Lipinski definition) is 3. The molecular formula is C11H13N3O2. The van der Waals surface area contributed by atoms with E-state index >= 15 is 0 Å². The van der Waals surface area contributed by atoms with Crippen LogP contribution in [0.5, 0.6) is 0 Å². The number of carbonyl (C=O) groups excluding carboxylic acids is 2. The van der Waals surface area contributed by atoms with Crippen molar-refractivity contribution in [3.63, 3.8) is 0 Å². The highest BCUT2D eigenvalue weighted by Gasteiger charge is 2.23. The maximum Gasteiger partial charge on any atom is 0.243 e. The number of hydrazine groups is 1. The van der Waals surface area contributed by atoms with E-state index < -0.39 is 0 Å². The molecule has 2 rings (SSSR count). The van der Waals surface area contributed by atoms with Crippen LogP contribution in [0.2, 0.25) is 0 Å². The third-order valence-electron chi connectivity index (χ3n) is 2.40. The van der Waals surface area contributed by atoms with Crippen molar-refractivity contribution < 1.29 is 9.59 Å². The first-order chi connectivity index (χ1) is 7.75. The summed E-state index contributed by atoms with van der Waals surface area (Å²) in [6.45, 7) is 0. The van der Waals surface area contributed by atoms with Crippen molar-refractivity contribution in [3.8, 4) is 0 Å². The molecule has 0 aliphatic carbocycles. The van der Waals surface area contributed by atoms with Gasteiger partial charge < -0.3 is 5.32 Å². The molecule has 3 N–H and O–H groups in total. The fraction of sp³-hybridized carbons (Fsp3) is 0.273. The van der Waals surface area contributed by atoms with Gasteiger partial charge in [0.25, 0.3) is 0 Å². The zero-order valence-corrected chi connectivity index (χ0v) is 8.69. The molecule has 16 heavy (non-hydrogen) atoms. The minimum atomic E-state index is -0.363. The van der Waals surface area contributed by atoms with Gasteiger partial charge in [0.2, 0.25) is 11.8 Å². The Morgan fingerprint density at radius 2 is 2.06 bits per heavy atom. The van der Waals surface area contributed by atoms with Gasteiger partial charge in [0, 0.05) is 12.1 Å². The van der Waals surface area contributed by atoms with Crippen LogP contribution in [-0.2, 0) is 9.59 Å². The molecule has 84 valence electrons. The monoisotopic (exact) mass is 219 g/mol. The SMILES string of the molecule is O=C1CCC(C(=O)Nc2ccccc2)NN1. The Labute approximate surface area is 93.2 Å². The molecule has 1 aliphatic rings. The Kier molecular flexibility index (Phi) is 3.16. The summed E-state index contributed by atoms with van der Waals surface area (Å²) >= 11 is 0. The van der Waals surface area contributed by atoms with Gasteiger partial charge in [0.15, 0.2) is 0 Å². The number of benzene rings is 1. The lowest BCUT2D eigenvalue weighted by Crippen LogP contribution is -2.54. The van der Waals surface area contributed by atoms with Crippen LogP contribution >= 0.6 is 0 Å². The molecule has 5 heteroatoms. The van der Waals surface area contributed by atoms with Crippen LogP contribution in [-0.4, -0.2) is 17.9 Å². The van der Waals surface area contributed by atoms with Crippen molar-refractivity contribution >= 4 is 17.5 Å². The maximum absolute atomic E-state index is 11.7. The fourth-order valence-corrected chi connectivity index (χ4v) is 1.53. The van der Waals surface area contributed by atoms with E-state index in [1.54, 1.807) is 0 Å². The van der Waals surface area contributed by atoms with E-state index in [9.17, 15) is 9.59 Å². The fourth-order valence-electron chi connectivity index (χ4n) is 1.53. The molecule has 1 saturated heterocycles. The first-order valence-electron chi connectivity index (χ1n) is 5.16. The summed E-state index contributed by atoms with van der Waals surface area (Å²) in [5, 5.41) is 2.77. The average Bonchev–Trinajstić information content (AvgIpc) is 2.31. The van der Waals surface area contributed by atoms with Gasteiger partial charge in [-0.25, -0.2) is 5.43 Å². The third kappa shape index (κ3) is 2.58. The Hall–Kier alpha value is -1.88. The van der Waals surface area contributed by atoms with Gasteiger partial charge in [0.1, 0.15) is 6.04 Å². The summed E-state index contributed by atoms with van der Waals surface area (Å²) in [5.41, 5.74) is 5.88. The molecule has 5 nitrogen and oxygen atoms in total. The van der Waals surface area contributed by atoms with Crippen molar-refractivity contribution in [2.75, 3.05) is 5.32 Å².